The van der Waals surface area contributed by atoms with Crippen molar-refractivity contribution in [2.75, 3.05) is 18.2 Å². The number of benzene rings is 2. The summed E-state index contributed by atoms with van der Waals surface area (Å²) in [7, 11) is 1.59. The highest BCUT2D eigenvalue weighted by Crippen LogP contribution is 2.33. The number of hydrogen-bond acceptors (Lipinski definition) is 3. The summed E-state index contributed by atoms with van der Waals surface area (Å²) in [4.78, 5) is 0. The predicted octanol–water partition coefficient (Wildman–Crippen LogP) is 4.44. The summed E-state index contributed by atoms with van der Waals surface area (Å²) in [5, 5.41) is 3.84. The highest BCUT2D eigenvalue weighted by Gasteiger charge is 2.06. The molecule has 18 heavy (non-hydrogen) atoms. The molecular weight excluding hydrogens is 316 g/mol. The molecule has 0 bridgehead atoms. The second-order valence-corrected chi connectivity index (χ2v) is 4.94. The van der Waals surface area contributed by atoms with Crippen LogP contribution in [-0.4, -0.2) is 7.11 Å². The number of rotatable bonds is 3. The van der Waals surface area contributed by atoms with Crippen LogP contribution in [0.4, 0.5) is 17.1 Å². The van der Waals surface area contributed by atoms with Crippen molar-refractivity contribution in [1.29, 1.82) is 0 Å². The van der Waals surface area contributed by atoms with Crippen LogP contribution in [0.5, 0.6) is 5.75 Å². The Bertz CT molecular complexity index is 575. The van der Waals surface area contributed by atoms with Crippen molar-refractivity contribution in [3.8, 4) is 5.75 Å². The first-order valence-electron chi connectivity index (χ1n) is 5.26. The van der Waals surface area contributed by atoms with Gasteiger partial charge in [0.05, 0.1) is 23.5 Å². The molecule has 0 aliphatic rings. The maximum Gasteiger partial charge on any atom is 0.143 e. The van der Waals surface area contributed by atoms with Gasteiger partial charge in [-0.25, -0.2) is 0 Å². The Balaban J connectivity index is 2.31. The molecule has 0 saturated heterocycles. The number of nitrogen functional groups attached to an aromatic ring is 1. The molecule has 0 fully saturated rings. The lowest BCUT2D eigenvalue weighted by Crippen LogP contribution is -1.98. The lowest BCUT2D eigenvalue weighted by molar-refractivity contribution is 0.417. The van der Waals surface area contributed by atoms with E-state index >= 15 is 0 Å². The van der Waals surface area contributed by atoms with E-state index in [4.69, 9.17) is 22.1 Å². The molecule has 2 aromatic carbocycles. The van der Waals surface area contributed by atoms with Gasteiger partial charge in [0.1, 0.15) is 5.75 Å². The van der Waals surface area contributed by atoms with Gasteiger partial charge >= 0.3 is 0 Å². The number of methoxy groups -OCH3 is 1. The van der Waals surface area contributed by atoms with Gasteiger partial charge in [0.25, 0.3) is 0 Å². The van der Waals surface area contributed by atoms with E-state index in [0.717, 1.165) is 15.8 Å². The Morgan fingerprint density at radius 1 is 1.28 bits per heavy atom. The number of hydrogen-bond donors (Lipinski definition) is 2. The first-order chi connectivity index (χ1) is 8.61. The smallest absolute Gasteiger partial charge is 0.143 e. The minimum Gasteiger partial charge on any atom is -0.495 e. The Morgan fingerprint density at radius 2 is 2.06 bits per heavy atom. The third-order valence-electron chi connectivity index (χ3n) is 2.48. The summed E-state index contributed by atoms with van der Waals surface area (Å²) in [5.74, 6) is 0.642. The minimum absolute atomic E-state index is 0.569. The van der Waals surface area contributed by atoms with Crippen molar-refractivity contribution < 1.29 is 4.74 Å². The molecule has 0 atom stereocenters. The fourth-order valence-corrected chi connectivity index (χ4v) is 1.99. The second-order valence-electron chi connectivity index (χ2n) is 3.68. The van der Waals surface area contributed by atoms with Crippen LogP contribution in [-0.2, 0) is 0 Å². The van der Waals surface area contributed by atoms with E-state index in [-0.39, 0.29) is 0 Å². The normalized spacial score (nSPS) is 10.2. The largest absolute Gasteiger partial charge is 0.495 e. The van der Waals surface area contributed by atoms with Gasteiger partial charge < -0.3 is 15.8 Å². The molecule has 2 aromatic rings. The van der Waals surface area contributed by atoms with Gasteiger partial charge in [-0.05, 0) is 46.3 Å². The van der Waals surface area contributed by atoms with Crippen LogP contribution >= 0.6 is 27.5 Å². The van der Waals surface area contributed by atoms with Crippen LogP contribution in [0, 0.1) is 0 Å². The average Bonchev–Trinajstić information content (AvgIpc) is 2.36. The van der Waals surface area contributed by atoms with Crippen molar-refractivity contribution in [2.24, 2.45) is 0 Å². The third kappa shape index (κ3) is 2.71. The van der Waals surface area contributed by atoms with Crippen LogP contribution in [0.15, 0.2) is 40.9 Å². The number of nitrogens with two attached hydrogens (primary N) is 1. The molecule has 94 valence electrons. The second kappa shape index (κ2) is 5.50. The molecule has 0 radical (unpaired) electrons. The standard InChI is InChI=1S/C13H12BrClN2O/c1-18-12-4-2-3-11(13(12)16)17-8-5-6-9(14)10(15)7-8/h2-7,17H,16H2,1H3. The van der Waals surface area contributed by atoms with Crippen molar-refractivity contribution in [2.45, 2.75) is 0 Å². The van der Waals surface area contributed by atoms with Crippen molar-refractivity contribution >= 4 is 44.6 Å². The summed E-state index contributed by atoms with van der Waals surface area (Å²) < 4.78 is 6.02. The highest BCUT2D eigenvalue weighted by atomic mass is 79.9. The van der Waals surface area contributed by atoms with Crippen LogP contribution in [0.25, 0.3) is 0 Å². The quantitative estimate of drug-likeness (QED) is 0.819. The van der Waals surface area contributed by atoms with Gasteiger partial charge in [-0.15, -0.1) is 0 Å². The zero-order valence-corrected chi connectivity index (χ0v) is 12.0. The zero-order valence-electron chi connectivity index (χ0n) is 9.71. The summed E-state index contributed by atoms with van der Waals surface area (Å²) in [6, 6.07) is 11.2. The zero-order chi connectivity index (χ0) is 13.1. The van der Waals surface area contributed by atoms with Gasteiger partial charge in [0.15, 0.2) is 0 Å². The molecule has 0 amide bonds. The van der Waals surface area contributed by atoms with Crippen molar-refractivity contribution in [1.82, 2.24) is 0 Å². The molecule has 5 heteroatoms. The molecule has 0 spiro atoms. The monoisotopic (exact) mass is 326 g/mol. The Kier molecular flexibility index (Phi) is 3.99. The van der Waals surface area contributed by atoms with E-state index in [9.17, 15) is 0 Å². The van der Waals surface area contributed by atoms with Crippen LogP contribution in [0.1, 0.15) is 0 Å². The van der Waals surface area contributed by atoms with E-state index in [1.54, 1.807) is 7.11 Å². The number of nitrogens with one attached hydrogen (secondary N) is 1. The SMILES string of the molecule is COc1cccc(Nc2ccc(Br)c(Cl)c2)c1N. The molecule has 3 nitrogen and oxygen atoms in total. The molecular formula is C13H12BrClN2O. The van der Waals surface area contributed by atoms with Gasteiger partial charge in [-0.3, -0.25) is 0 Å². The van der Waals surface area contributed by atoms with E-state index in [2.05, 4.69) is 21.2 Å². The summed E-state index contributed by atoms with van der Waals surface area (Å²) in [5.41, 5.74) is 8.20. The van der Waals surface area contributed by atoms with E-state index in [1.165, 1.54) is 0 Å². The summed E-state index contributed by atoms with van der Waals surface area (Å²) >= 11 is 9.38. The number of para-hydroxylation sites is 1. The number of anilines is 3. The van der Waals surface area contributed by atoms with E-state index in [1.807, 2.05) is 36.4 Å². The predicted molar refractivity (Wildman–Crippen MR) is 79.8 cm³/mol. The molecule has 0 heterocycles. The Hall–Kier alpha value is -1.39. The number of halogens is 2. The molecule has 0 aromatic heterocycles. The molecule has 2 rings (SSSR count). The van der Waals surface area contributed by atoms with Gasteiger partial charge in [-0.1, -0.05) is 17.7 Å². The van der Waals surface area contributed by atoms with Crippen LogP contribution < -0.4 is 15.8 Å². The highest BCUT2D eigenvalue weighted by molar-refractivity contribution is 9.10. The molecule has 0 saturated carbocycles. The van der Waals surface area contributed by atoms with E-state index < -0.39 is 0 Å². The van der Waals surface area contributed by atoms with Crippen LogP contribution in [0.2, 0.25) is 5.02 Å². The third-order valence-corrected chi connectivity index (χ3v) is 3.72. The average molecular weight is 328 g/mol. The Morgan fingerprint density at radius 3 is 2.72 bits per heavy atom. The fraction of sp³-hybridized carbons (Fsp3) is 0.0769. The minimum atomic E-state index is 0.569. The maximum atomic E-state index is 6.04. The van der Waals surface area contributed by atoms with Crippen molar-refractivity contribution in [3.05, 3.63) is 45.9 Å². The topological polar surface area (TPSA) is 47.3 Å². The van der Waals surface area contributed by atoms with Crippen molar-refractivity contribution in [3.63, 3.8) is 0 Å². The molecule has 3 N–H and O–H groups in total. The maximum absolute atomic E-state index is 6.04. The summed E-state index contributed by atoms with van der Waals surface area (Å²) in [6.45, 7) is 0. The molecule has 0 aliphatic heterocycles. The van der Waals surface area contributed by atoms with Gasteiger partial charge in [0.2, 0.25) is 0 Å². The lowest BCUT2D eigenvalue weighted by Gasteiger charge is -2.12. The lowest BCUT2D eigenvalue weighted by atomic mass is 10.2. The van der Waals surface area contributed by atoms with Crippen LogP contribution in [0.3, 0.4) is 0 Å². The Labute approximate surface area is 119 Å². The molecule has 0 unspecified atom stereocenters. The van der Waals surface area contributed by atoms with E-state index in [0.29, 0.717) is 16.5 Å². The first-order valence-corrected chi connectivity index (χ1v) is 6.43. The first kappa shape index (κ1) is 13.1. The van der Waals surface area contributed by atoms with Gasteiger partial charge in [0, 0.05) is 10.2 Å². The number of ether oxygens (including phenoxy) is 1. The molecule has 0 aliphatic carbocycles. The van der Waals surface area contributed by atoms with Gasteiger partial charge in [-0.2, -0.15) is 0 Å². The fourth-order valence-electron chi connectivity index (χ4n) is 1.56. The summed E-state index contributed by atoms with van der Waals surface area (Å²) in [6.07, 6.45) is 0.